The van der Waals surface area contributed by atoms with E-state index in [-0.39, 0.29) is 34.6 Å². The van der Waals surface area contributed by atoms with Gasteiger partial charge in [-0.25, -0.2) is 0 Å². The van der Waals surface area contributed by atoms with Crippen molar-refractivity contribution in [2.75, 3.05) is 13.1 Å². The zero-order chi connectivity index (χ0) is 15.3. The standard InChI is InChI=1S/C17H13NO4/c19-14-10-5-1-2-6-11(10)15(20)16-12(14)9-13(22-16)17(21)18-7-3-4-8-18/h1-2,5-6,9H,3-4,7-8H2. The molecule has 0 radical (unpaired) electrons. The van der Waals surface area contributed by atoms with Gasteiger partial charge in [-0.05, 0) is 12.8 Å². The summed E-state index contributed by atoms with van der Waals surface area (Å²) in [5.41, 5.74) is 0.877. The fraction of sp³-hybridized carbons (Fsp3) is 0.235. The van der Waals surface area contributed by atoms with Crippen LogP contribution in [-0.2, 0) is 0 Å². The molecule has 1 amide bonds. The SMILES string of the molecule is O=C1c2ccccc2C(=O)c2oc(C(=O)N3CCCC3)cc21. The van der Waals surface area contributed by atoms with Gasteiger partial charge in [0.2, 0.25) is 5.78 Å². The van der Waals surface area contributed by atoms with Gasteiger partial charge in [0.05, 0.1) is 5.56 Å². The van der Waals surface area contributed by atoms with E-state index in [1.807, 2.05) is 0 Å². The molecule has 2 heterocycles. The highest BCUT2D eigenvalue weighted by Crippen LogP contribution is 2.30. The number of nitrogens with zero attached hydrogens (tertiary/aromatic N) is 1. The van der Waals surface area contributed by atoms with Gasteiger partial charge in [-0.2, -0.15) is 0 Å². The second-order valence-electron chi connectivity index (χ2n) is 5.56. The van der Waals surface area contributed by atoms with Gasteiger partial charge in [0.1, 0.15) is 0 Å². The highest BCUT2D eigenvalue weighted by Gasteiger charge is 2.35. The minimum absolute atomic E-state index is 0.0220. The molecule has 1 saturated heterocycles. The molecule has 4 rings (SSSR count). The molecular weight excluding hydrogens is 282 g/mol. The lowest BCUT2D eigenvalue weighted by Crippen LogP contribution is -2.27. The molecule has 2 aliphatic rings. The van der Waals surface area contributed by atoms with E-state index in [4.69, 9.17) is 4.42 Å². The van der Waals surface area contributed by atoms with Crippen LogP contribution in [0.4, 0.5) is 0 Å². The number of benzene rings is 1. The minimum Gasteiger partial charge on any atom is -0.447 e. The van der Waals surface area contributed by atoms with Crippen molar-refractivity contribution in [2.45, 2.75) is 12.8 Å². The molecule has 1 aliphatic heterocycles. The Morgan fingerprint density at radius 1 is 0.955 bits per heavy atom. The second kappa shape index (κ2) is 4.66. The van der Waals surface area contributed by atoms with Gasteiger partial charge in [0, 0.05) is 30.3 Å². The highest BCUT2D eigenvalue weighted by molar-refractivity contribution is 6.27. The normalized spacial score (nSPS) is 16.6. The Morgan fingerprint density at radius 3 is 2.27 bits per heavy atom. The molecule has 2 aromatic rings. The van der Waals surface area contributed by atoms with Crippen LogP contribution >= 0.6 is 0 Å². The third-order valence-electron chi connectivity index (χ3n) is 4.20. The molecule has 1 aromatic carbocycles. The van der Waals surface area contributed by atoms with Gasteiger partial charge in [-0.15, -0.1) is 0 Å². The smallest absolute Gasteiger partial charge is 0.289 e. The highest BCUT2D eigenvalue weighted by atomic mass is 16.4. The Morgan fingerprint density at radius 2 is 1.59 bits per heavy atom. The van der Waals surface area contributed by atoms with E-state index in [1.54, 1.807) is 29.2 Å². The van der Waals surface area contributed by atoms with Crippen molar-refractivity contribution < 1.29 is 18.8 Å². The number of hydrogen-bond donors (Lipinski definition) is 0. The van der Waals surface area contributed by atoms with Crippen molar-refractivity contribution in [2.24, 2.45) is 0 Å². The summed E-state index contributed by atoms with van der Waals surface area (Å²) in [7, 11) is 0. The van der Waals surface area contributed by atoms with Crippen LogP contribution in [-0.4, -0.2) is 35.5 Å². The van der Waals surface area contributed by atoms with Crippen LogP contribution in [0.15, 0.2) is 34.7 Å². The van der Waals surface area contributed by atoms with E-state index >= 15 is 0 Å². The quantitative estimate of drug-likeness (QED) is 0.691. The number of amides is 1. The molecule has 1 fully saturated rings. The summed E-state index contributed by atoms with van der Waals surface area (Å²) in [4.78, 5) is 39.0. The maximum atomic E-state index is 12.5. The lowest BCUT2D eigenvalue weighted by atomic mass is 9.89. The third-order valence-corrected chi connectivity index (χ3v) is 4.20. The second-order valence-corrected chi connectivity index (χ2v) is 5.56. The first-order chi connectivity index (χ1) is 10.7. The summed E-state index contributed by atoms with van der Waals surface area (Å²) in [5.74, 6) is -0.815. The molecule has 0 atom stereocenters. The largest absolute Gasteiger partial charge is 0.447 e. The van der Waals surface area contributed by atoms with Gasteiger partial charge >= 0.3 is 0 Å². The van der Waals surface area contributed by atoms with Crippen molar-refractivity contribution in [3.05, 3.63) is 58.5 Å². The Balaban J connectivity index is 1.78. The van der Waals surface area contributed by atoms with Crippen LogP contribution in [0.2, 0.25) is 0 Å². The summed E-state index contributed by atoms with van der Waals surface area (Å²) in [6, 6.07) is 8.04. The van der Waals surface area contributed by atoms with E-state index in [0.29, 0.717) is 24.2 Å². The molecular formula is C17H13NO4. The van der Waals surface area contributed by atoms with Crippen LogP contribution in [0, 0.1) is 0 Å². The fourth-order valence-electron chi connectivity index (χ4n) is 3.06. The average molecular weight is 295 g/mol. The molecule has 0 saturated carbocycles. The number of likely N-dealkylation sites (tertiary alicyclic amines) is 1. The molecule has 0 bridgehead atoms. The number of rotatable bonds is 1. The lowest BCUT2D eigenvalue weighted by molar-refractivity contribution is 0.0758. The van der Waals surface area contributed by atoms with Crippen LogP contribution in [0.3, 0.4) is 0 Å². The van der Waals surface area contributed by atoms with Gasteiger partial charge in [-0.3, -0.25) is 14.4 Å². The zero-order valence-corrected chi connectivity index (χ0v) is 11.8. The Hall–Kier alpha value is -2.69. The zero-order valence-electron chi connectivity index (χ0n) is 11.8. The average Bonchev–Trinajstić information content (AvgIpc) is 3.21. The van der Waals surface area contributed by atoms with Crippen molar-refractivity contribution >= 4 is 17.5 Å². The fourth-order valence-corrected chi connectivity index (χ4v) is 3.06. The minimum atomic E-state index is -0.342. The van der Waals surface area contributed by atoms with Crippen LogP contribution < -0.4 is 0 Å². The van der Waals surface area contributed by atoms with Crippen LogP contribution in [0.25, 0.3) is 0 Å². The van der Waals surface area contributed by atoms with Crippen molar-refractivity contribution in [1.82, 2.24) is 4.90 Å². The molecule has 110 valence electrons. The van der Waals surface area contributed by atoms with Crippen LogP contribution in [0.5, 0.6) is 0 Å². The number of ketones is 2. The van der Waals surface area contributed by atoms with Gasteiger partial charge < -0.3 is 9.32 Å². The molecule has 0 spiro atoms. The summed E-state index contributed by atoms with van der Waals surface area (Å²) < 4.78 is 5.46. The predicted molar refractivity (Wildman–Crippen MR) is 77.2 cm³/mol. The third kappa shape index (κ3) is 1.75. The van der Waals surface area contributed by atoms with Gasteiger partial charge in [0.25, 0.3) is 5.91 Å². The Bertz CT molecular complexity index is 759. The molecule has 1 aromatic heterocycles. The van der Waals surface area contributed by atoms with E-state index in [0.717, 1.165) is 12.8 Å². The molecule has 22 heavy (non-hydrogen) atoms. The predicted octanol–water partition coefficient (Wildman–Crippen LogP) is 2.29. The number of fused-ring (bicyclic) bond motifs is 2. The van der Waals surface area contributed by atoms with E-state index < -0.39 is 0 Å². The van der Waals surface area contributed by atoms with Crippen LogP contribution in [0.1, 0.15) is 55.4 Å². The first-order valence-electron chi connectivity index (χ1n) is 7.28. The molecule has 0 unspecified atom stereocenters. The molecule has 0 N–H and O–H groups in total. The van der Waals surface area contributed by atoms with E-state index in [1.165, 1.54) is 6.07 Å². The summed E-state index contributed by atoms with van der Waals surface area (Å²) >= 11 is 0. The molecule has 5 heteroatoms. The maximum Gasteiger partial charge on any atom is 0.289 e. The summed E-state index contributed by atoms with van der Waals surface area (Å²) in [5, 5.41) is 0. The summed E-state index contributed by atoms with van der Waals surface area (Å²) in [6.07, 6.45) is 1.94. The first-order valence-corrected chi connectivity index (χ1v) is 7.28. The van der Waals surface area contributed by atoms with Crippen molar-refractivity contribution in [1.29, 1.82) is 0 Å². The monoisotopic (exact) mass is 295 g/mol. The van der Waals surface area contributed by atoms with E-state index in [9.17, 15) is 14.4 Å². The van der Waals surface area contributed by atoms with Gasteiger partial charge in [0.15, 0.2) is 17.3 Å². The van der Waals surface area contributed by atoms with Gasteiger partial charge in [-0.1, -0.05) is 24.3 Å². The number of hydrogen-bond acceptors (Lipinski definition) is 4. The Kier molecular flexibility index (Phi) is 2.76. The topological polar surface area (TPSA) is 67.6 Å². The number of furan rings is 1. The molecule has 1 aliphatic carbocycles. The summed E-state index contributed by atoms with van der Waals surface area (Å²) in [6.45, 7) is 1.37. The van der Waals surface area contributed by atoms with Crippen molar-refractivity contribution in [3.8, 4) is 0 Å². The van der Waals surface area contributed by atoms with E-state index in [2.05, 4.69) is 0 Å². The van der Waals surface area contributed by atoms with Crippen molar-refractivity contribution in [3.63, 3.8) is 0 Å². The number of carbonyl (C=O) groups is 3. The first kappa shape index (κ1) is 13.0. The number of carbonyl (C=O) groups excluding carboxylic acids is 3. The lowest BCUT2D eigenvalue weighted by Gasteiger charge is -2.12. The maximum absolute atomic E-state index is 12.5. The molecule has 5 nitrogen and oxygen atoms in total. The Labute approximate surface area is 126 Å².